The summed E-state index contributed by atoms with van der Waals surface area (Å²) in [7, 11) is 0. The first kappa shape index (κ1) is 95.7. The number of hydrogen-bond acceptors (Lipinski definition) is 16. The summed E-state index contributed by atoms with van der Waals surface area (Å²) in [6, 6.07) is 120. The Balaban J connectivity index is 0.000000205. The quantitative estimate of drug-likeness (QED) is 0.00701. The number of ether oxygens (including phenoxy) is 4. The Morgan fingerprint density at radius 1 is 0.341 bits per heavy atom. The first-order chi connectivity index (χ1) is 59.6. The minimum atomic E-state index is -0.336. The number of phenolic OH excluding ortho intramolecular Hbond substituents is 2. The number of aldehydes is 1. The number of nitriles is 2. The van der Waals surface area contributed by atoms with Crippen LogP contribution in [-0.2, 0) is 63.1 Å². The Kier molecular flexibility index (Phi) is 44.3. The van der Waals surface area contributed by atoms with E-state index in [0.717, 1.165) is 125 Å². The molecule has 0 bridgehead atoms. The van der Waals surface area contributed by atoms with E-state index in [9.17, 15) is 18.8 Å². The molecule has 628 valence electrons. The number of aromatic hydroxyl groups is 2. The molecule has 123 heavy (non-hydrogen) atoms. The molecule has 14 rings (SSSR count). The van der Waals surface area contributed by atoms with Crippen molar-refractivity contribution in [3.05, 3.63) is 448 Å². The van der Waals surface area contributed by atoms with E-state index in [0.29, 0.717) is 46.2 Å². The van der Waals surface area contributed by atoms with Crippen molar-refractivity contribution >= 4 is 18.0 Å². The third kappa shape index (κ3) is 40.3. The number of rotatable bonds is 31. The van der Waals surface area contributed by atoms with Gasteiger partial charge in [-0.1, -0.05) is 220 Å². The van der Waals surface area contributed by atoms with E-state index in [-0.39, 0.29) is 25.0 Å². The normalized spacial score (nSPS) is 9.97. The SMILES string of the molecule is C.CC(=O)Oc1ccc(Oc2ccc(CCNCc3ccccc3)cc2)cc1.CC(=O)c1ccc(Oc2ccc(CCNCc3ccccc3)cc2)cc1.N#Cc1ccc(F)cc1.N#Cc1ccc(Oc2ccc(CCNCc3ccccc3)cc2)cc1.NCCc1ccc(O)cc1.O=Cc1ccccc1.Oc1ccc(CCNCc2ccccc2)cc1. The number of Topliss-reactive ketones (excluding diaryl/α,β-unsaturated/α-hetero) is 1. The maximum absolute atomic E-state index is 12.1. The van der Waals surface area contributed by atoms with Crippen molar-refractivity contribution in [2.75, 3.05) is 32.7 Å². The first-order valence-corrected chi connectivity index (χ1v) is 40.3. The molecule has 0 aromatic heterocycles. The molecular formula is C106H108FN7O9. The zero-order valence-corrected chi connectivity index (χ0v) is 68.8. The zero-order valence-electron chi connectivity index (χ0n) is 68.8. The van der Waals surface area contributed by atoms with Crippen LogP contribution in [-0.4, -0.2) is 61.0 Å². The molecule has 0 fully saturated rings. The van der Waals surface area contributed by atoms with Crippen molar-refractivity contribution in [1.29, 1.82) is 10.5 Å². The van der Waals surface area contributed by atoms with Gasteiger partial charge in [0.15, 0.2) is 5.78 Å². The van der Waals surface area contributed by atoms with E-state index < -0.39 is 0 Å². The lowest BCUT2D eigenvalue weighted by molar-refractivity contribution is -0.131. The molecule has 8 N–H and O–H groups in total. The highest BCUT2D eigenvalue weighted by Crippen LogP contribution is 2.27. The molecular weight excluding hydrogens is 1530 g/mol. The predicted molar refractivity (Wildman–Crippen MR) is 491 cm³/mol. The molecule has 0 aliphatic rings. The van der Waals surface area contributed by atoms with Gasteiger partial charge in [-0.25, -0.2) is 4.39 Å². The van der Waals surface area contributed by atoms with Crippen molar-refractivity contribution in [1.82, 2.24) is 21.3 Å². The second-order valence-electron chi connectivity index (χ2n) is 27.7. The molecule has 0 saturated heterocycles. The topological polar surface area (TPSA) is 250 Å². The molecule has 0 atom stereocenters. The molecule has 0 amide bonds. The summed E-state index contributed by atoms with van der Waals surface area (Å²) in [5.41, 5.74) is 19.3. The van der Waals surface area contributed by atoms with Gasteiger partial charge in [-0.3, -0.25) is 14.4 Å². The fourth-order valence-electron chi connectivity index (χ4n) is 11.5. The molecule has 0 aliphatic heterocycles. The highest BCUT2D eigenvalue weighted by Gasteiger charge is 2.07. The number of carbonyl (C=O) groups excluding carboxylic acids is 3. The number of esters is 1. The van der Waals surface area contributed by atoms with Gasteiger partial charge < -0.3 is 56.2 Å². The molecule has 0 heterocycles. The number of benzene rings is 14. The summed E-state index contributed by atoms with van der Waals surface area (Å²) in [6.07, 6.45) is 5.60. The second-order valence-corrected chi connectivity index (χ2v) is 27.7. The lowest BCUT2D eigenvalue weighted by Crippen LogP contribution is -2.16. The molecule has 0 unspecified atom stereocenters. The summed E-state index contributed by atoms with van der Waals surface area (Å²) in [6.45, 7) is 10.9. The van der Waals surface area contributed by atoms with E-state index in [2.05, 4.69) is 161 Å². The van der Waals surface area contributed by atoms with Gasteiger partial charge in [0.1, 0.15) is 63.8 Å². The number of hydrogen-bond donors (Lipinski definition) is 7. The smallest absolute Gasteiger partial charge is 0.308 e. The molecule has 14 aromatic carbocycles. The van der Waals surface area contributed by atoms with Crippen LogP contribution in [0.3, 0.4) is 0 Å². The van der Waals surface area contributed by atoms with Crippen LogP contribution in [0.2, 0.25) is 0 Å². The van der Waals surface area contributed by atoms with E-state index in [1.807, 2.05) is 121 Å². The minimum absolute atomic E-state index is 0. The van der Waals surface area contributed by atoms with Gasteiger partial charge in [0, 0.05) is 44.2 Å². The minimum Gasteiger partial charge on any atom is -0.508 e. The monoisotopic (exact) mass is 1640 g/mol. The van der Waals surface area contributed by atoms with E-state index in [4.69, 9.17) is 45.4 Å². The van der Waals surface area contributed by atoms with Gasteiger partial charge in [-0.15, -0.1) is 0 Å². The zero-order chi connectivity index (χ0) is 86.2. The highest BCUT2D eigenvalue weighted by molar-refractivity contribution is 5.94. The van der Waals surface area contributed by atoms with Gasteiger partial charge in [-0.05, 0) is 280 Å². The molecule has 0 aliphatic carbocycles. The fourth-order valence-corrected chi connectivity index (χ4v) is 11.5. The Morgan fingerprint density at radius 2 is 0.593 bits per heavy atom. The number of carbonyl (C=O) groups is 3. The number of nitrogens with two attached hydrogens (primary N) is 1. The maximum atomic E-state index is 12.1. The van der Waals surface area contributed by atoms with Crippen molar-refractivity contribution in [2.45, 2.75) is 79.6 Å². The van der Waals surface area contributed by atoms with Crippen molar-refractivity contribution < 1.29 is 47.9 Å². The van der Waals surface area contributed by atoms with Crippen molar-refractivity contribution in [3.8, 4) is 63.9 Å². The molecule has 17 heteroatoms. The summed E-state index contributed by atoms with van der Waals surface area (Å²) < 4.78 is 34.6. The van der Waals surface area contributed by atoms with Crippen LogP contribution in [0.1, 0.15) is 103 Å². The highest BCUT2D eigenvalue weighted by atomic mass is 19.1. The van der Waals surface area contributed by atoms with Crippen LogP contribution in [0.25, 0.3) is 0 Å². The molecule has 0 saturated carbocycles. The number of halogens is 1. The second kappa shape index (κ2) is 56.9. The summed E-state index contributed by atoms with van der Waals surface area (Å²) in [4.78, 5) is 32.2. The number of nitrogens with zero attached hydrogens (tertiary/aromatic N) is 2. The summed E-state index contributed by atoms with van der Waals surface area (Å²) in [5.74, 6) is 5.07. The van der Waals surface area contributed by atoms with Gasteiger partial charge in [0.05, 0.1) is 23.3 Å². The van der Waals surface area contributed by atoms with Crippen LogP contribution in [0.4, 0.5) is 4.39 Å². The van der Waals surface area contributed by atoms with Crippen LogP contribution in [0.15, 0.2) is 370 Å². The van der Waals surface area contributed by atoms with E-state index in [1.165, 1.54) is 81.3 Å². The fraction of sp³-hybridized carbons (Fsp3) is 0.160. The average molecular weight is 1640 g/mol. The lowest BCUT2D eigenvalue weighted by atomic mass is 10.1. The molecule has 16 nitrogen and oxygen atoms in total. The van der Waals surface area contributed by atoms with Crippen LogP contribution >= 0.6 is 0 Å². The number of nitrogens with one attached hydrogen (secondary N) is 4. The van der Waals surface area contributed by atoms with Crippen molar-refractivity contribution in [2.24, 2.45) is 5.73 Å². The van der Waals surface area contributed by atoms with Crippen LogP contribution in [0.5, 0.6) is 51.7 Å². The number of ketones is 1. The Morgan fingerprint density at radius 3 is 0.862 bits per heavy atom. The first-order valence-electron chi connectivity index (χ1n) is 40.3. The Labute approximate surface area is 723 Å². The van der Waals surface area contributed by atoms with Gasteiger partial charge >= 0.3 is 5.97 Å². The van der Waals surface area contributed by atoms with E-state index >= 15 is 0 Å². The standard InChI is InChI=1S/C23H23NO3.C23H23NO2.C22H20N2O.C15H17NO.C8H11NO.C7H4FN.C7H6O.CH4/c1-18(25)26-21-11-13-23(14-12-21)27-22-9-7-19(8-10-22)15-16-24-17-20-5-3-2-4-6-20;1-18(25)21-9-13-23(14-10-21)26-22-11-7-19(8-12-22)15-16-24-17-20-5-3-2-4-6-20;23-16-19-8-12-22(13-9-19)25-21-10-6-18(7-11-21)14-15-24-17-20-4-2-1-3-5-20;17-15-8-6-13(7-9-15)10-11-16-12-14-4-2-1-3-5-14;9-6-5-7-1-3-8(10)4-2-7;8-7-3-1-6(5-9)2-4-7;8-6-7-4-2-1-3-5-7;/h2-14,24H,15-17H2,1H3;2-14,24H,15-17H2,1H3;1-13,24H,14-15,17H2;1-9,16-17H,10-12H2;1-4,10H,5-6,9H2;1-4H;1-6H;1H4. The molecule has 0 spiro atoms. The largest absolute Gasteiger partial charge is 0.508 e. The number of phenols is 2. The Hall–Kier alpha value is -14.4. The maximum Gasteiger partial charge on any atom is 0.308 e. The van der Waals surface area contributed by atoms with Crippen LogP contribution in [0, 0.1) is 28.5 Å². The van der Waals surface area contributed by atoms with Gasteiger partial charge in [-0.2, -0.15) is 10.5 Å². The van der Waals surface area contributed by atoms with Crippen LogP contribution < -0.4 is 45.9 Å². The van der Waals surface area contributed by atoms with Gasteiger partial charge in [0.2, 0.25) is 0 Å². The van der Waals surface area contributed by atoms with E-state index in [1.54, 1.807) is 104 Å². The lowest BCUT2D eigenvalue weighted by Gasteiger charge is -2.08. The third-order valence-electron chi connectivity index (χ3n) is 18.1. The van der Waals surface area contributed by atoms with Gasteiger partial charge in [0.25, 0.3) is 0 Å². The molecule has 0 radical (unpaired) electrons. The predicted octanol–water partition coefficient (Wildman–Crippen LogP) is 21.9. The van der Waals surface area contributed by atoms with Crippen molar-refractivity contribution in [3.63, 3.8) is 0 Å². The summed E-state index contributed by atoms with van der Waals surface area (Å²) in [5, 5.41) is 48.9. The average Bonchev–Trinajstić information content (AvgIpc) is 0.869. The summed E-state index contributed by atoms with van der Waals surface area (Å²) >= 11 is 0. The molecule has 14 aromatic rings. The third-order valence-corrected chi connectivity index (χ3v) is 18.1. The Bertz CT molecular complexity index is 5310.